The van der Waals surface area contributed by atoms with E-state index in [0.717, 1.165) is 18.7 Å². The Morgan fingerprint density at radius 3 is 2.71 bits per heavy atom. The number of nitrogens with two attached hydrogens (primary N) is 1. The maximum absolute atomic E-state index is 14.4. The molecule has 108 valence electrons. The van der Waals surface area contributed by atoms with Crippen LogP contribution in [0.4, 0.5) is 15.8 Å². The summed E-state index contributed by atoms with van der Waals surface area (Å²) in [5.74, 6) is 0.00579. The summed E-state index contributed by atoms with van der Waals surface area (Å²) in [6.07, 6.45) is 1.01. The second kappa shape index (κ2) is 5.20. The minimum absolute atomic E-state index is 0.118. The quantitative estimate of drug-likeness (QED) is 0.655. The van der Waals surface area contributed by atoms with Crippen LogP contribution in [0.25, 0.3) is 0 Å². The van der Waals surface area contributed by atoms with Crippen molar-refractivity contribution in [3.8, 4) is 0 Å². The molecule has 0 spiro atoms. The number of para-hydroxylation sites is 1. The van der Waals surface area contributed by atoms with E-state index in [1.54, 1.807) is 12.1 Å². The molecular weight excluding hydrogens is 265 g/mol. The molecule has 1 unspecified atom stereocenters. The van der Waals surface area contributed by atoms with Gasteiger partial charge in [0.05, 0.1) is 5.69 Å². The van der Waals surface area contributed by atoms with Crippen LogP contribution in [0.5, 0.6) is 0 Å². The Hall–Kier alpha value is -2.36. The minimum Gasteiger partial charge on any atom is -0.384 e. The van der Waals surface area contributed by atoms with E-state index in [4.69, 9.17) is 11.1 Å². The maximum atomic E-state index is 14.4. The molecule has 0 saturated carbocycles. The zero-order valence-electron chi connectivity index (χ0n) is 11.9. The van der Waals surface area contributed by atoms with E-state index in [1.165, 1.54) is 11.6 Å². The smallest absolute Gasteiger partial charge is 0.147 e. The third-order valence-corrected chi connectivity index (χ3v) is 3.89. The Labute approximate surface area is 123 Å². The predicted octanol–water partition coefficient (Wildman–Crippen LogP) is 3.44. The lowest BCUT2D eigenvalue weighted by Crippen LogP contribution is -2.31. The molecule has 0 saturated heterocycles. The lowest BCUT2D eigenvalue weighted by atomic mass is 9.93. The van der Waals surface area contributed by atoms with Gasteiger partial charge in [-0.1, -0.05) is 25.1 Å². The van der Waals surface area contributed by atoms with E-state index in [-0.39, 0.29) is 11.7 Å². The summed E-state index contributed by atoms with van der Waals surface area (Å²) in [6, 6.07) is 12.9. The van der Waals surface area contributed by atoms with Crippen LogP contribution in [0.2, 0.25) is 0 Å². The number of hydrogen-bond acceptors (Lipinski definition) is 2. The molecule has 3 rings (SSSR count). The highest BCUT2D eigenvalue weighted by Crippen LogP contribution is 2.36. The topological polar surface area (TPSA) is 53.1 Å². The molecule has 1 atom stereocenters. The van der Waals surface area contributed by atoms with E-state index in [1.807, 2.05) is 23.1 Å². The number of halogens is 1. The van der Waals surface area contributed by atoms with Crippen LogP contribution in [0.1, 0.15) is 18.1 Å². The molecule has 1 heterocycles. The average molecular weight is 283 g/mol. The lowest BCUT2D eigenvalue weighted by Gasteiger charge is -2.35. The van der Waals surface area contributed by atoms with Crippen molar-refractivity contribution in [3.05, 3.63) is 59.4 Å². The Balaban J connectivity index is 2.06. The van der Waals surface area contributed by atoms with Gasteiger partial charge in [0.2, 0.25) is 0 Å². The normalized spacial score (nSPS) is 17.4. The highest BCUT2D eigenvalue weighted by atomic mass is 19.1. The van der Waals surface area contributed by atoms with E-state index in [0.29, 0.717) is 17.2 Å². The van der Waals surface area contributed by atoms with Crippen molar-refractivity contribution in [2.24, 2.45) is 11.7 Å². The van der Waals surface area contributed by atoms with Gasteiger partial charge in [0.15, 0.2) is 0 Å². The second-order valence-electron chi connectivity index (χ2n) is 5.63. The summed E-state index contributed by atoms with van der Waals surface area (Å²) in [5, 5.41) is 7.39. The Morgan fingerprint density at radius 2 is 2.00 bits per heavy atom. The zero-order chi connectivity index (χ0) is 15.0. The standard InChI is InChI=1S/C17H18FN3/c1-11-8-12-4-2-3-5-15(12)21(10-11)16-7-6-13(17(19)20)9-14(16)18/h2-7,9,11H,8,10H2,1H3,(H3,19,20). The summed E-state index contributed by atoms with van der Waals surface area (Å²) >= 11 is 0. The third-order valence-electron chi connectivity index (χ3n) is 3.89. The fourth-order valence-electron chi connectivity index (χ4n) is 2.92. The van der Waals surface area contributed by atoms with Crippen LogP contribution < -0.4 is 10.6 Å². The number of fused-ring (bicyclic) bond motifs is 1. The summed E-state index contributed by atoms with van der Waals surface area (Å²) in [4.78, 5) is 2.02. The molecular formula is C17H18FN3. The molecule has 1 aliphatic heterocycles. The first-order valence-electron chi connectivity index (χ1n) is 7.05. The number of nitrogens with one attached hydrogen (secondary N) is 1. The highest BCUT2D eigenvalue weighted by Gasteiger charge is 2.24. The molecule has 21 heavy (non-hydrogen) atoms. The van der Waals surface area contributed by atoms with E-state index >= 15 is 0 Å². The highest BCUT2D eigenvalue weighted by molar-refractivity contribution is 5.95. The molecule has 3 N–H and O–H groups in total. The van der Waals surface area contributed by atoms with Crippen LogP contribution in [-0.2, 0) is 6.42 Å². The average Bonchev–Trinajstić information content (AvgIpc) is 2.46. The predicted molar refractivity (Wildman–Crippen MR) is 83.7 cm³/mol. The fourth-order valence-corrected chi connectivity index (χ4v) is 2.92. The maximum Gasteiger partial charge on any atom is 0.147 e. The number of amidine groups is 1. The molecule has 0 fully saturated rings. The molecule has 0 amide bonds. The van der Waals surface area contributed by atoms with Gasteiger partial charge in [0.25, 0.3) is 0 Å². The number of anilines is 2. The third kappa shape index (κ3) is 2.49. The molecule has 0 bridgehead atoms. The number of benzene rings is 2. The largest absolute Gasteiger partial charge is 0.384 e. The van der Waals surface area contributed by atoms with Crippen molar-refractivity contribution < 1.29 is 4.39 Å². The number of hydrogen-bond donors (Lipinski definition) is 2. The molecule has 3 nitrogen and oxygen atoms in total. The van der Waals surface area contributed by atoms with Crippen LogP contribution in [0.3, 0.4) is 0 Å². The van der Waals surface area contributed by atoms with Gasteiger partial charge < -0.3 is 10.6 Å². The molecule has 0 radical (unpaired) electrons. The van der Waals surface area contributed by atoms with Crippen LogP contribution >= 0.6 is 0 Å². The van der Waals surface area contributed by atoms with Crippen molar-refractivity contribution >= 4 is 17.2 Å². The van der Waals surface area contributed by atoms with Crippen molar-refractivity contribution in [2.75, 3.05) is 11.4 Å². The van der Waals surface area contributed by atoms with Crippen LogP contribution in [0, 0.1) is 17.1 Å². The first kappa shape index (κ1) is 13.6. The van der Waals surface area contributed by atoms with Gasteiger partial charge >= 0.3 is 0 Å². The first-order chi connectivity index (χ1) is 10.1. The van der Waals surface area contributed by atoms with Crippen LogP contribution in [0.15, 0.2) is 42.5 Å². The summed E-state index contributed by atoms with van der Waals surface area (Å²) in [7, 11) is 0. The lowest BCUT2D eigenvalue weighted by molar-refractivity contribution is 0.552. The van der Waals surface area contributed by atoms with Gasteiger partial charge in [0.1, 0.15) is 11.7 Å². The fraction of sp³-hybridized carbons (Fsp3) is 0.235. The zero-order valence-corrected chi connectivity index (χ0v) is 11.9. The van der Waals surface area contributed by atoms with Gasteiger partial charge in [-0.3, -0.25) is 5.41 Å². The van der Waals surface area contributed by atoms with Gasteiger partial charge in [-0.15, -0.1) is 0 Å². The molecule has 4 heteroatoms. The number of rotatable bonds is 2. The molecule has 2 aromatic carbocycles. The van der Waals surface area contributed by atoms with E-state index in [2.05, 4.69) is 13.0 Å². The van der Waals surface area contributed by atoms with Crippen molar-refractivity contribution in [3.63, 3.8) is 0 Å². The Kier molecular flexibility index (Phi) is 3.37. The van der Waals surface area contributed by atoms with E-state index < -0.39 is 0 Å². The molecule has 2 aromatic rings. The van der Waals surface area contributed by atoms with Crippen LogP contribution in [-0.4, -0.2) is 12.4 Å². The van der Waals surface area contributed by atoms with Crippen molar-refractivity contribution in [1.29, 1.82) is 5.41 Å². The summed E-state index contributed by atoms with van der Waals surface area (Å²) in [5.41, 5.74) is 8.67. The van der Waals surface area contributed by atoms with Crippen molar-refractivity contribution in [1.82, 2.24) is 0 Å². The summed E-state index contributed by atoms with van der Waals surface area (Å²) in [6.45, 7) is 2.96. The molecule has 1 aliphatic rings. The number of nitrogen functional groups attached to an aromatic ring is 1. The Morgan fingerprint density at radius 1 is 1.24 bits per heavy atom. The van der Waals surface area contributed by atoms with Crippen molar-refractivity contribution in [2.45, 2.75) is 13.3 Å². The second-order valence-corrected chi connectivity index (χ2v) is 5.63. The monoisotopic (exact) mass is 283 g/mol. The Bertz CT molecular complexity index is 696. The van der Waals surface area contributed by atoms with Gasteiger partial charge in [-0.05, 0) is 42.2 Å². The van der Waals surface area contributed by atoms with E-state index in [9.17, 15) is 4.39 Å². The molecule has 0 aromatic heterocycles. The van der Waals surface area contributed by atoms with Gasteiger partial charge in [-0.25, -0.2) is 4.39 Å². The van der Waals surface area contributed by atoms with Gasteiger partial charge in [-0.2, -0.15) is 0 Å². The number of nitrogens with zero attached hydrogens (tertiary/aromatic N) is 1. The first-order valence-corrected chi connectivity index (χ1v) is 7.05. The molecule has 0 aliphatic carbocycles. The van der Waals surface area contributed by atoms with Gasteiger partial charge in [0, 0.05) is 17.8 Å². The summed E-state index contributed by atoms with van der Waals surface area (Å²) < 4.78 is 14.4. The minimum atomic E-state index is -0.341. The SMILES string of the molecule is CC1Cc2ccccc2N(c2ccc(C(=N)N)cc2F)C1.